The highest BCUT2D eigenvalue weighted by Gasteiger charge is 2.74. The van der Waals surface area contributed by atoms with E-state index < -0.39 is 28.7 Å². The molecule has 3 aliphatic rings. The van der Waals surface area contributed by atoms with E-state index in [-0.39, 0.29) is 36.1 Å². The van der Waals surface area contributed by atoms with Crippen LogP contribution in [0.15, 0.2) is 79.9 Å². The van der Waals surface area contributed by atoms with E-state index in [1.807, 2.05) is 43.3 Å². The molecular weight excluding hydrogens is 570 g/mol. The Morgan fingerprint density at radius 1 is 1.12 bits per heavy atom. The maximum absolute atomic E-state index is 14.7. The van der Waals surface area contributed by atoms with E-state index >= 15 is 0 Å². The topological polar surface area (TPSA) is 81.2 Å². The number of carbonyl (C=O) groups is 3. The number of carbonyl (C=O) groups excluding carboxylic acids is 3. The molecule has 2 bridgehead atoms. The molecule has 3 aliphatic heterocycles. The number of fused-ring (bicyclic) bond motifs is 1. The van der Waals surface area contributed by atoms with Crippen LogP contribution in [0, 0.1) is 11.8 Å². The van der Waals surface area contributed by atoms with Crippen molar-refractivity contribution in [3.8, 4) is 0 Å². The van der Waals surface area contributed by atoms with Crippen LogP contribution in [0.1, 0.15) is 31.7 Å². The fraction of sp³-hybridized carbons (Fsp3) is 0.424. The van der Waals surface area contributed by atoms with Crippen molar-refractivity contribution < 1.29 is 19.5 Å². The minimum Gasteiger partial charge on any atom is -0.394 e. The maximum atomic E-state index is 14.7. The summed E-state index contributed by atoms with van der Waals surface area (Å²) in [5, 5.41) is 10.7. The van der Waals surface area contributed by atoms with Crippen LogP contribution in [0.4, 0.5) is 5.69 Å². The van der Waals surface area contributed by atoms with Gasteiger partial charge < -0.3 is 19.8 Å². The molecule has 0 aromatic heterocycles. The Balaban J connectivity index is 1.56. The first-order valence-corrected chi connectivity index (χ1v) is 15.8. The fourth-order valence-electron chi connectivity index (χ4n) is 7.12. The molecule has 3 amide bonds. The summed E-state index contributed by atoms with van der Waals surface area (Å²) < 4.78 is -0.783. The lowest BCUT2D eigenvalue weighted by atomic mass is 9.70. The number of likely N-dealkylation sites (tertiary alicyclic amines) is 1. The Labute approximate surface area is 257 Å². The molecule has 1 spiro atoms. The quantitative estimate of drug-likeness (QED) is 0.346. The average Bonchev–Trinajstić information content (AvgIpc) is 3.64. The van der Waals surface area contributed by atoms with Crippen molar-refractivity contribution in [3.05, 3.63) is 90.5 Å². The van der Waals surface area contributed by atoms with Gasteiger partial charge in [-0.1, -0.05) is 73.1 Å². The van der Waals surface area contributed by atoms with Crippen LogP contribution in [-0.4, -0.2) is 74.4 Å². The molecule has 1 N–H and O–H groups in total. The van der Waals surface area contributed by atoms with Crippen molar-refractivity contribution in [1.82, 2.24) is 9.80 Å². The zero-order chi connectivity index (χ0) is 30.0. The largest absolute Gasteiger partial charge is 0.394 e. The molecule has 0 radical (unpaired) electrons. The number of halogens is 1. The first kappa shape index (κ1) is 30.4. The highest BCUT2D eigenvalue weighted by Crippen LogP contribution is 2.67. The van der Waals surface area contributed by atoms with Crippen molar-refractivity contribution in [2.75, 3.05) is 24.6 Å². The predicted octanol–water partition coefficient (Wildman–Crippen LogP) is 4.94. The van der Waals surface area contributed by atoms with Crippen LogP contribution in [0.25, 0.3) is 0 Å². The van der Waals surface area contributed by atoms with Gasteiger partial charge in [0.25, 0.3) is 5.91 Å². The average molecular weight is 608 g/mol. The first-order valence-electron chi connectivity index (χ1n) is 14.5. The number of hydrogen-bond donors (Lipinski definition) is 1. The minimum absolute atomic E-state index is 0.0747. The van der Waals surface area contributed by atoms with Crippen LogP contribution >= 0.6 is 23.4 Å². The Hall–Kier alpha value is -3.07. The van der Waals surface area contributed by atoms with Gasteiger partial charge in [0.1, 0.15) is 6.04 Å². The van der Waals surface area contributed by atoms with Crippen molar-refractivity contribution in [2.45, 2.75) is 54.8 Å². The Morgan fingerprint density at radius 3 is 2.45 bits per heavy atom. The third-order valence-corrected chi connectivity index (χ3v) is 11.2. The number of nitrogens with zero attached hydrogens (tertiary/aromatic N) is 3. The lowest BCUT2D eigenvalue weighted by molar-refractivity contribution is -0.145. The minimum atomic E-state index is -0.849. The molecule has 0 saturated carbocycles. The molecule has 2 aromatic rings. The SMILES string of the molecule is C=CCN(Cc1ccccc1)C(=O)[C@@H]1[C@H]2C(=O)N([C@@H](CC)CO)C(C(=O)N(CC=C)c3ccccc3Cl)C23CC[C@H]1S3. The zero-order valence-electron chi connectivity index (χ0n) is 23.9. The summed E-state index contributed by atoms with van der Waals surface area (Å²) in [5.74, 6) is -1.80. The summed E-state index contributed by atoms with van der Waals surface area (Å²) in [6.45, 7) is 10.3. The van der Waals surface area contributed by atoms with Gasteiger partial charge in [-0.25, -0.2) is 0 Å². The molecule has 42 heavy (non-hydrogen) atoms. The van der Waals surface area contributed by atoms with Crippen LogP contribution < -0.4 is 4.90 Å². The summed E-state index contributed by atoms with van der Waals surface area (Å²) in [4.78, 5) is 48.4. The van der Waals surface area contributed by atoms with Crippen molar-refractivity contribution in [3.63, 3.8) is 0 Å². The summed E-state index contributed by atoms with van der Waals surface area (Å²) in [5.41, 5.74) is 1.54. The standard InChI is InChI=1S/C33H38ClN3O4S/c1-4-18-35(20-22-12-8-7-9-13-22)30(39)27-26-16-17-33(42-26)28(27)31(40)37(23(6-3)21-38)29(33)32(41)36(19-5-2)25-15-11-10-14-24(25)34/h4-5,7-15,23,26-29,38H,1-2,6,16-21H2,3H3/t23-,26+,27-,28-,29?,33?/m0/s1. The summed E-state index contributed by atoms with van der Waals surface area (Å²) in [6, 6.07) is 15.5. The van der Waals surface area contributed by atoms with E-state index in [1.165, 1.54) is 0 Å². The van der Waals surface area contributed by atoms with E-state index in [2.05, 4.69) is 13.2 Å². The zero-order valence-corrected chi connectivity index (χ0v) is 25.5. The van der Waals surface area contributed by atoms with Gasteiger partial charge in [0.05, 0.1) is 39.9 Å². The van der Waals surface area contributed by atoms with Gasteiger partial charge in [-0.2, -0.15) is 0 Å². The monoisotopic (exact) mass is 607 g/mol. The van der Waals surface area contributed by atoms with Crippen LogP contribution in [0.3, 0.4) is 0 Å². The molecule has 222 valence electrons. The second-order valence-corrected chi connectivity index (χ2v) is 13.2. The van der Waals surface area contributed by atoms with Crippen LogP contribution in [0.2, 0.25) is 5.02 Å². The highest BCUT2D eigenvalue weighted by atomic mass is 35.5. The van der Waals surface area contributed by atoms with Gasteiger partial charge in [0.15, 0.2) is 0 Å². The summed E-state index contributed by atoms with van der Waals surface area (Å²) >= 11 is 8.18. The van der Waals surface area contributed by atoms with Crippen molar-refractivity contribution >= 4 is 46.8 Å². The molecule has 7 nitrogen and oxygen atoms in total. The third-order valence-electron chi connectivity index (χ3n) is 8.93. The smallest absolute Gasteiger partial charge is 0.251 e. The van der Waals surface area contributed by atoms with Gasteiger partial charge in [-0.05, 0) is 37.0 Å². The molecule has 3 fully saturated rings. The Kier molecular flexibility index (Phi) is 9.16. The van der Waals surface area contributed by atoms with Crippen molar-refractivity contribution in [2.24, 2.45) is 11.8 Å². The highest BCUT2D eigenvalue weighted by molar-refractivity contribution is 8.02. The number of amides is 3. The molecule has 3 saturated heterocycles. The van der Waals surface area contributed by atoms with Crippen LogP contribution in [-0.2, 0) is 20.9 Å². The lowest BCUT2D eigenvalue weighted by Gasteiger charge is -2.39. The van der Waals surface area contributed by atoms with E-state index in [0.717, 1.165) is 12.0 Å². The maximum Gasteiger partial charge on any atom is 0.251 e. The molecule has 2 aromatic carbocycles. The van der Waals surface area contributed by atoms with Gasteiger partial charge in [-0.3, -0.25) is 14.4 Å². The second-order valence-electron chi connectivity index (χ2n) is 11.2. The number of aliphatic hydroxyl groups is 1. The molecular formula is C33H38ClN3O4S. The van der Waals surface area contributed by atoms with E-state index in [9.17, 15) is 19.5 Å². The molecule has 6 atom stereocenters. The van der Waals surface area contributed by atoms with Gasteiger partial charge in [0, 0.05) is 24.9 Å². The molecule has 5 rings (SSSR count). The Morgan fingerprint density at radius 2 is 1.81 bits per heavy atom. The van der Waals surface area contributed by atoms with Gasteiger partial charge >= 0.3 is 0 Å². The number of hydrogen-bond acceptors (Lipinski definition) is 5. The second kappa shape index (κ2) is 12.7. The third kappa shape index (κ3) is 5.07. The number of rotatable bonds is 12. The van der Waals surface area contributed by atoms with E-state index in [0.29, 0.717) is 36.6 Å². The molecule has 0 aliphatic carbocycles. The van der Waals surface area contributed by atoms with Crippen molar-refractivity contribution in [1.29, 1.82) is 0 Å². The van der Waals surface area contributed by atoms with Gasteiger partial charge in [-0.15, -0.1) is 24.9 Å². The number of aliphatic hydroxyl groups excluding tert-OH is 1. The normalized spacial score (nSPS) is 26.5. The molecule has 2 unspecified atom stereocenters. The number of thioether (sulfide) groups is 1. The molecule has 9 heteroatoms. The molecule has 3 heterocycles. The summed E-state index contributed by atoms with van der Waals surface area (Å²) in [6.07, 6.45) is 5.21. The lowest BCUT2D eigenvalue weighted by Crippen LogP contribution is -2.57. The first-order chi connectivity index (χ1) is 20.3. The van der Waals surface area contributed by atoms with Gasteiger partial charge in [0.2, 0.25) is 11.8 Å². The van der Waals surface area contributed by atoms with Crippen LogP contribution in [0.5, 0.6) is 0 Å². The van der Waals surface area contributed by atoms with E-state index in [1.54, 1.807) is 56.8 Å². The number of anilines is 1. The summed E-state index contributed by atoms with van der Waals surface area (Å²) in [7, 11) is 0. The number of benzene rings is 2. The van der Waals surface area contributed by atoms with E-state index in [4.69, 9.17) is 11.6 Å². The predicted molar refractivity (Wildman–Crippen MR) is 168 cm³/mol. The fourth-order valence-corrected chi connectivity index (χ4v) is 9.55. The Bertz CT molecular complexity index is 1350. The number of para-hydroxylation sites is 1.